The number of hydrogen-bond donors (Lipinski definition) is 0. The fourth-order valence-corrected chi connectivity index (χ4v) is 10.5. The van der Waals surface area contributed by atoms with Crippen LogP contribution in [0.3, 0.4) is 0 Å². The van der Waals surface area contributed by atoms with E-state index < -0.39 is 0 Å². The van der Waals surface area contributed by atoms with E-state index in [1.54, 1.807) is 0 Å². The van der Waals surface area contributed by atoms with Crippen molar-refractivity contribution in [1.82, 2.24) is 0 Å². The van der Waals surface area contributed by atoms with Crippen molar-refractivity contribution in [3.8, 4) is 44.5 Å². The topological polar surface area (TPSA) is 3.24 Å². The van der Waals surface area contributed by atoms with Crippen LogP contribution >= 0.6 is 0 Å². The molecule has 310 valence electrons. The molecule has 0 saturated carbocycles. The first kappa shape index (κ1) is 39.6. The van der Waals surface area contributed by atoms with Gasteiger partial charge in [-0.1, -0.05) is 179 Å². The van der Waals surface area contributed by atoms with Gasteiger partial charge in [0, 0.05) is 11.1 Å². The van der Waals surface area contributed by atoms with Crippen LogP contribution in [0.4, 0.5) is 17.1 Å². The van der Waals surface area contributed by atoms with Crippen molar-refractivity contribution in [3.63, 3.8) is 0 Å². The molecule has 0 amide bonds. The summed E-state index contributed by atoms with van der Waals surface area (Å²) in [6, 6.07) is 73.1. The molecular formula is C63H53N. The number of para-hydroxylation sites is 2. The lowest BCUT2D eigenvalue weighted by Gasteiger charge is -2.42. The predicted molar refractivity (Wildman–Crippen MR) is 276 cm³/mol. The molecule has 1 heteroatoms. The molecule has 1 aliphatic rings. The lowest BCUT2D eigenvalue weighted by Crippen LogP contribution is -2.30. The van der Waals surface area contributed by atoms with E-state index in [0.717, 1.165) is 5.69 Å². The first-order valence-electron chi connectivity index (χ1n) is 22.7. The Labute approximate surface area is 378 Å². The summed E-state index contributed by atoms with van der Waals surface area (Å²) in [6.07, 6.45) is 0. The predicted octanol–water partition coefficient (Wildman–Crippen LogP) is 17.8. The maximum absolute atomic E-state index is 2.43. The molecule has 1 aliphatic heterocycles. The summed E-state index contributed by atoms with van der Waals surface area (Å²) in [7, 11) is 0. The van der Waals surface area contributed by atoms with Crippen LogP contribution < -0.4 is 4.90 Å². The molecule has 0 spiro atoms. The van der Waals surface area contributed by atoms with Gasteiger partial charge in [-0.25, -0.2) is 0 Å². The van der Waals surface area contributed by atoms with Crippen molar-refractivity contribution in [1.29, 1.82) is 0 Å². The van der Waals surface area contributed by atoms with E-state index in [9.17, 15) is 0 Å². The van der Waals surface area contributed by atoms with Crippen molar-refractivity contribution in [2.75, 3.05) is 4.90 Å². The molecule has 0 N–H and O–H groups in total. The maximum Gasteiger partial charge on any atom is 0.0502 e. The molecule has 64 heavy (non-hydrogen) atoms. The Bertz CT molecular complexity index is 3400. The van der Waals surface area contributed by atoms with Gasteiger partial charge in [-0.3, -0.25) is 0 Å². The highest BCUT2D eigenvalue weighted by atomic mass is 15.2. The number of hydrogen-bond acceptors (Lipinski definition) is 1. The summed E-state index contributed by atoms with van der Waals surface area (Å²) in [5.41, 5.74) is 19.9. The molecule has 1 heterocycles. The van der Waals surface area contributed by atoms with Gasteiger partial charge in [-0.2, -0.15) is 0 Å². The highest BCUT2D eigenvalue weighted by molar-refractivity contribution is 6.26. The molecule has 11 rings (SSSR count). The van der Waals surface area contributed by atoms with Crippen LogP contribution in [0.2, 0.25) is 0 Å². The second-order valence-electron chi connectivity index (χ2n) is 19.6. The lowest BCUT2D eigenvalue weighted by atomic mass is 9.73. The Morgan fingerprint density at radius 1 is 0.344 bits per heavy atom. The molecule has 1 nitrogen and oxygen atoms in total. The minimum absolute atomic E-state index is 0.0580. The van der Waals surface area contributed by atoms with Gasteiger partial charge in [-0.15, -0.1) is 0 Å². The Morgan fingerprint density at radius 2 is 0.781 bits per heavy atom. The van der Waals surface area contributed by atoms with E-state index in [-0.39, 0.29) is 10.8 Å². The molecule has 0 aliphatic carbocycles. The number of rotatable bonds is 5. The number of aryl methyl sites for hydroxylation is 2. The Hall–Kier alpha value is -7.22. The number of fused-ring (bicyclic) bond motifs is 8. The van der Waals surface area contributed by atoms with Gasteiger partial charge in [0.15, 0.2) is 0 Å². The van der Waals surface area contributed by atoms with Crippen LogP contribution in [-0.4, -0.2) is 0 Å². The SMILES string of the molecule is Cc1cc(C)cc(-c2cc(-c3cccc(-c4ccc(N5c6ccccc6C(C)(C)c6ccccc65)cc4)c3)cc(-c3ccc4c(c3)c3ccccc3c3ccc(C(C)(C)C)cc34)c2)c1. The third-order valence-electron chi connectivity index (χ3n) is 13.8. The Balaban J connectivity index is 1.03. The molecule has 0 aromatic heterocycles. The van der Waals surface area contributed by atoms with Crippen molar-refractivity contribution in [2.45, 2.75) is 59.3 Å². The fraction of sp³-hybridized carbons (Fsp3) is 0.143. The average molecular weight is 824 g/mol. The largest absolute Gasteiger partial charge is 0.310 e. The highest BCUT2D eigenvalue weighted by Gasteiger charge is 2.36. The second kappa shape index (κ2) is 15.0. The van der Waals surface area contributed by atoms with Crippen molar-refractivity contribution >= 4 is 49.4 Å². The Kier molecular flexibility index (Phi) is 9.26. The first-order chi connectivity index (χ1) is 30.9. The normalized spacial score (nSPS) is 13.3. The molecule has 0 saturated heterocycles. The summed E-state index contributed by atoms with van der Waals surface area (Å²) in [5, 5.41) is 7.80. The zero-order valence-corrected chi connectivity index (χ0v) is 37.9. The van der Waals surface area contributed by atoms with Gasteiger partial charge >= 0.3 is 0 Å². The molecule has 0 unspecified atom stereocenters. The number of anilines is 3. The lowest BCUT2D eigenvalue weighted by molar-refractivity contribution is 0.591. The van der Waals surface area contributed by atoms with E-state index in [0.29, 0.717) is 0 Å². The molecule has 0 atom stereocenters. The van der Waals surface area contributed by atoms with E-state index in [4.69, 9.17) is 0 Å². The monoisotopic (exact) mass is 823 g/mol. The maximum atomic E-state index is 2.43. The molecule has 0 fully saturated rings. The van der Waals surface area contributed by atoms with Crippen LogP contribution in [0.15, 0.2) is 194 Å². The van der Waals surface area contributed by atoms with Gasteiger partial charge < -0.3 is 4.90 Å². The van der Waals surface area contributed by atoms with E-state index in [1.165, 1.54) is 116 Å². The van der Waals surface area contributed by atoms with Gasteiger partial charge in [0.05, 0.1) is 11.4 Å². The van der Waals surface area contributed by atoms with Gasteiger partial charge in [0.25, 0.3) is 0 Å². The summed E-state index contributed by atoms with van der Waals surface area (Å²) in [5.74, 6) is 0. The minimum atomic E-state index is -0.0898. The summed E-state index contributed by atoms with van der Waals surface area (Å²) in [6.45, 7) is 16.0. The van der Waals surface area contributed by atoms with E-state index in [1.807, 2.05) is 0 Å². The second-order valence-corrected chi connectivity index (χ2v) is 19.6. The number of benzene rings is 10. The Morgan fingerprint density at radius 3 is 1.41 bits per heavy atom. The summed E-state index contributed by atoms with van der Waals surface area (Å²) < 4.78 is 0. The molecular weight excluding hydrogens is 771 g/mol. The molecule has 10 aromatic carbocycles. The zero-order valence-electron chi connectivity index (χ0n) is 37.9. The third-order valence-corrected chi connectivity index (χ3v) is 13.8. The van der Waals surface area contributed by atoms with Crippen LogP contribution in [0.5, 0.6) is 0 Å². The quantitative estimate of drug-likeness (QED) is 0.156. The zero-order chi connectivity index (χ0) is 43.9. The van der Waals surface area contributed by atoms with Gasteiger partial charge in [-0.05, 0) is 173 Å². The molecule has 0 radical (unpaired) electrons. The van der Waals surface area contributed by atoms with Crippen molar-refractivity contribution < 1.29 is 0 Å². The molecule has 10 aromatic rings. The molecule has 0 bridgehead atoms. The standard InChI is InChI=1S/C63H53N/c1-40-31-41(2)33-46(32-40)49-36-47(35-48(37-49)45-25-29-55-56(38-45)53-18-9-8-17-52(53)54-30-26-50(39-57(54)55)62(3,4)5)44-16-14-15-43(34-44)42-23-27-51(28-24-42)64-60-21-12-10-19-58(60)63(6,7)59-20-11-13-22-61(59)64/h8-39H,1-7H3. The van der Waals surface area contributed by atoms with Crippen LogP contribution in [0.25, 0.3) is 76.8 Å². The van der Waals surface area contributed by atoms with Crippen LogP contribution in [0.1, 0.15) is 62.4 Å². The fourth-order valence-electron chi connectivity index (χ4n) is 10.5. The number of nitrogens with zero attached hydrogens (tertiary/aromatic N) is 1. The average Bonchev–Trinajstić information content (AvgIpc) is 3.31. The van der Waals surface area contributed by atoms with Gasteiger partial charge in [0.2, 0.25) is 0 Å². The highest BCUT2D eigenvalue weighted by Crippen LogP contribution is 2.52. The van der Waals surface area contributed by atoms with E-state index in [2.05, 4.69) is 247 Å². The minimum Gasteiger partial charge on any atom is -0.310 e. The third kappa shape index (κ3) is 6.70. The van der Waals surface area contributed by atoms with Crippen molar-refractivity contribution in [2.24, 2.45) is 0 Å². The van der Waals surface area contributed by atoms with E-state index >= 15 is 0 Å². The van der Waals surface area contributed by atoms with Gasteiger partial charge in [0.1, 0.15) is 0 Å². The van der Waals surface area contributed by atoms with Crippen LogP contribution in [0, 0.1) is 13.8 Å². The van der Waals surface area contributed by atoms with Crippen molar-refractivity contribution in [3.05, 3.63) is 222 Å². The summed E-state index contributed by atoms with van der Waals surface area (Å²) in [4.78, 5) is 2.43. The first-order valence-corrected chi connectivity index (χ1v) is 22.7. The summed E-state index contributed by atoms with van der Waals surface area (Å²) >= 11 is 0. The smallest absolute Gasteiger partial charge is 0.0502 e. The van der Waals surface area contributed by atoms with Crippen LogP contribution in [-0.2, 0) is 10.8 Å².